The summed E-state index contributed by atoms with van der Waals surface area (Å²) in [5.41, 5.74) is 1.21. The Kier molecular flexibility index (Phi) is 11.7. The first-order chi connectivity index (χ1) is 12.2. The van der Waals surface area contributed by atoms with Crippen molar-refractivity contribution in [1.82, 2.24) is 15.5 Å². The van der Waals surface area contributed by atoms with E-state index >= 15 is 0 Å². The topological polar surface area (TPSA) is 58.1 Å². The van der Waals surface area contributed by atoms with Gasteiger partial charge in [-0.15, -0.1) is 0 Å². The minimum absolute atomic E-state index is 0.126. The second-order valence-corrected chi connectivity index (χ2v) is 6.00. The molecule has 1 rings (SSSR count). The largest absolute Gasteiger partial charge is 0.383 e. The molecule has 2 N–H and O–H groups in total. The molecule has 1 unspecified atom stereocenters. The summed E-state index contributed by atoms with van der Waals surface area (Å²) in [4.78, 5) is 6.46. The molecule has 0 aliphatic heterocycles. The SMILES string of the molecule is CN=C(NCCCOC(C)c1ccccc1)NCCN(C)CCOC. The monoisotopic (exact) mass is 350 g/mol. The summed E-state index contributed by atoms with van der Waals surface area (Å²) >= 11 is 0. The van der Waals surface area contributed by atoms with Gasteiger partial charge >= 0.3 is 0 Å². The lowest BCUT2D eigenvalue weighted by Gasteiger charge is -2.18. The van der Waals surface area contributed by atoms with Crippen LogP contribution in [0, 0.1) is 0 Å². The molecule has 1 aromatic rings. The van der Waals surface area contributed by atoms with Gasteiger partial charge in [0.25, 0.3) is 0 Å². The number of hydrogen-bond acceptors (Lipinski definition) is 4. The van der Waals surface area contributed by atoms with Gasteiger partial charge in [-0.2, -0.15) is 0 Å². The first-order valence-corrected chi connectivity index (χ1v) is 8.96. The van der Waals surface area contributed by atoms with Gasteiger partial charge in [0.2, 0.25) is 0 Å². The highest BCUT2D eigenvalue weighted by Gasteiger charge is 2.04. The third-order valence-electron chi connectivity index (χ3n) is 3.94. The van der Waals surface area contributed by atoms with E-state index in [1.165, 1.54) is 5.56 Å². The Morgan fingerprint density at radius 2 is 1.84 bits per heavy atom. The number of rotatable bonds is 12. The molecular weight excluding hydrogens is 316 g/mol. The first-order valence-electron chi connectivity index (χ1n) is 8.96. The lowest BCUT2D eigenvalue weighted by molar-refractivity contribution is 0.0646. The van der Waals surface area contributed by atoms with Gasteiger partial charge in [-0.05, 0) is 26.0 Å². The van der Waals surface area contributed by atoms with Crippen molar-refractivity contribution in [1.29, 1.82) is 0 Å². The van der Waals surface area contributed by atoms with Crippen LogP contribution in [0.1, 0.15) is 25.0 Å². The molecule has 0 saturated carbocycles. The van der Waals surface area contributed by atoms with Crippen LogP contribution in [0.15, 0.2) is 35.3 Å². The van der Waals surface area contributed by atoms with Crippen LogP contribution in [0.5, 0.6) is 0 Å². The molecule has 0 radical (unpaired) electrons. The predicted octanol–water partition coefficient (Wildman–Crippen LogP) is 1.90. The Morgan fingerprint density at radius 1 is 1.12 bits per heavy atom. The smallest absolute Gasteiger partial charge is 0.191 e. The van der Waals surface area contributed by atoms with E-state index in [9.17, 15) is 0 Å². The highest BCUT2D eigenvalue weighted by atomic mass is 16.5. The van der Waals surface area contributed by atoms with Crippen molar-refractivity contribution in [3.05, 3.63) is 35.9 Å². The van der Waals surface area contributed by atoms with Crippen LogP contribution in [0.4, 0.5) is 0 Å². The number of benzene rings is 1. The number of likely N-dealkylation sites (N-methyl/N-ethyl adjacent to an activating group) is 1. The van der Waals surface area contributed by atoms with Crippen molar-refractivity contribution in [2.45, 2.75) is 19.4 Å². The van der Waals surface area contributed by atoms with Gasteiger partial charge in [0.15, 0.2) is 5.96 Å². The molecular formula is C19H34N4O2. The number of guanidine groups is 1. The third-order valence-corrected chi connectivity index (χ3v) is 3.94. The zero-order chi connectivity index (χ0) is 18.3. The number of hydrogen-bond donors (Lipinski definition) is 2. The molecule has 142 valence electrons. The Bertz CT molecular complexity index is 468. The number of nitrogens with zero attached hydrogens (tertiary/aromatic N) is 2. The molecule has 6 heteroatoms. The normalized spacial score (nSPS) is 13.1. The van der Waals surface area contributed by atoms with Gasteiger partial charge in [0, 0.05) is 46.9 Å². The second kappa shape index (κ2) is 13.6. The maximum Gasteiger partial charge on any atom is 0.191 e. The lowest BCUT2D eigenvalue weighted by Crippen LogP contribution is -2.41. The molecule has 0 fully saturated rings. The van der Waals surface area contributed by atoms with Crippen LogP contribution in [0.3, 0.4) is 0 Å². The average Bonchev–Trinajstić information content (AvgIpc) is 2.65. The van der Waals surface area contributed by atoms with E-state index in [-0.39, 0.29) is 6.10 Å². The zero-order valence-corrected chi connectivity index (χ0v) is 16.1. The second-order valence-electron chi connectivity index (χ2n) is 6.00. The number of ether oxygens (including phenoxy) is 2. The third kappa shape index (κ3) is 10.1. The van der Waals surface area contributed by atoms with Crippen molar-refractivity contribution in [3.8, 4) is 0 Å². The molecule has 0 amide bonds. The average molecular weight is 351 g/mol. The van der Waals surface area contributed by atoms with Crippen molar-refractivity contribution in [3.63, 3.8) is 0 Å². The van der Waals surface area contributed by atoms with Gasteiger partial charge < -0.3 is 25.0 Å². The lowest BCUT2D eigenvalue weighted by atomic mass is 10.1. The van der Waals surface area contributed by atoms with E-state index in [2.05, 4.69) is 46.6 Å². The number of aliphatic imine (C=N–C) groups is 1. The molecule has 0 saturated heterocycles. The van der Waals surface area contributed by atoms with E-state index in [0.29, 0.717) is 0 Å². The molecule has 0 aliphatic carbocycles. The van der Waals surface area contributed by atoms with Gasteiger partial charge in [-0.25, -0.2) is 0 Å². The van der Waals surface area contributed by atoms with Gasteiger partial charge in [0.1, 0.15) is 0 Å². The van der Waals surface area contributed by atoms with Crippen LogP contribution < -0.4 is 10.6 Å². The van der Waals surface area contributed by atoms with Crippen LogP contribution in [0.25, 0.3) is 0 Å². The molecule has 0 aromatic heterocycles. The zero-order valence-electron chi connectivity index (χ0n) is 16.1. The standard InChI is InChI=1S/C19H34N4O2/c1-17(18-9-6-5-7-10-18)25-15-8-11-21-19(20-2)22-12-13-23(3)14-16-24-4/h5-7,9-10,17H,8,11-16H2,1-4H3,(H2,20,21,22). The van der Waals surface area contributed by atoms with Gasteiger partial charge in [-0.3, -0.25) is 4.99 Å². The van der Waals surface area contributed by atoms with E-state index in [1.807, 2.05) is 18.2 Å². The fraction of sp³-hybridized carbons (Fsp3) is 0.632. The Labute approximate surface area is 152 Å². The van der Waals surface area contributed by atoms with E-state index in [1.54, 1.807) is 14.2 Å². The quantitative estimate of drug-likeness (QED) is 0.343. The van der Waals surface area contributed by atoms with Crippen molar-refractivity contribution >= 4 is 5.96 Å². The molecule has 0 heterocycles. The summed E-state index contributed by atoms with van der Waals surface area (Å²) in [5, 5.41) is 6.63. The minimum Gasteiger partial charge on any atom is -0.383 e. The Balaban J connectivity index is 2.09. The molecule has 1 aromatic carbocycles. The summed E-state index contributed by atoms with van der Waals surface area (Å²) < 4.78 is 10.9. The van der Waals surface area contributed by atoms with Crippen LogP contribution in [-0.2, 0) is 9.47 Å². The fourth-order valence-electron chi connectivity index (χ4n) is 2.30. The predicted molar refractivity (Wildman–Crippen MR) is 104 cm³/mol. The highest BCUT2D eigenvalue weighted by Crippen LogP contribution is 2.15. The van der Waals surface area contributed by atoms with Gasteiger partial charge in [-0.1, -0.05) is 30.3 Å². The molecule has 6 nitrogen and oxygen atoms in total. The summed E-state index contributed by atoms with van der Waals surface area (Å²) in [5.74, 6) is 0.830. The van der Waals surface area contributed by atoms with Crippen molar-refractivity contribution in [2.75, 3.05) is 60.6 Å². The molecule has 1 atom stereocenters. The van der Waals surface area contributed by atoms with Crippen molar-refractivity contribution < 1.29 is 9.47 Å². The summed E-state index contributed by atoms with van der Waals surface area (Å²) in [6, 6.07) is 10.3. The van der Waals surface area contributed by atoms with Crippen LogP contribution >= 0.6 is 0 Å². The van der Waals surface area contributed by atoms with E-state index in [0.717, 1.165) is 51.8 Å². The van der Waals surface area contributed by atoms with Crippen molar-refractivity contribution in [2.24, 2.45) is 4.99 Å². The first kappa shape index (κ1) is 21.4. The Morgan fingerprint density at radius 3 is 2.52 bits per heavy atom. The highest BCUT2D eigenvalue weighted by molar-refractivity contribution is 5.79. The molecule has 0 bridgehead atoms. The maximum atomic E-state index is 5.87. The van der Waals surface area contributed by atoms with Crippen LogP contribution in [0.2, 0.25) is 0 Å². The minimum atomic E-state index is 0.126. The van der Waals surface area contributed by atoms with E-state index < -0.39 is 0 Å². The molecule has 25 heavy (non-hydrogen) atoms. The summed E-state index contributed by atoms with van der Waals surface area (Å²) in [6.07, 6.45) is 1.06. The fourth-order valence-corrected chi connectivity index (χ4v) is 2.30. The molecule has 0 spiro atoms. The van der Waals surface area contributed by atoms with Crippen LogP contribution in [-0.4, -0.2) is 71.5 Å². The van der Waals surface area contributed by atoms with Gasteiger partial charge in [0.05, 0.1) is 12.7 Å². The summed E-state index contributed by atoms with van der Waals surface area (Å²) in [6.45, 7) is 7.12. The molecule has 0 aliphatic rings. The maximum absolute atomic E-state index is 5.87. The van der Waals surface area contributed by atoms with E-state index in [4.69, 9.17) is 9.47 Å². The number of methoxy groups -OCH3 is 1. The number of nitrogens with one attached hydrogen (secondary N) is 2. The Hall–Kier alpha value is -1.63. The summed E-state index contributed by atoms with van der Waals surface area (Å²) in [7, 11) is 5.60.